The molecule has 3 heteroatoms. The number of rotatable bonds is 2. The summed E-state index contributed by atoms with van der Waals surface area (Å²) < 4.78 is 0. The lowest BCUT2D eigenvalue weighted by Gasteiger charge is -2.33. The maximum absolute atomic E-state index is 2.42. The molecule has 0 spiro atoms. The van der Waals surface area contributed by atoms with Crippen molar-refractivity contribution in [2.24, 2.45) is 0 Å². The Kier molecular flexibility index (Phi) is 5.26. The van der Waals surface area contributed by atoms with Gasteiger partial charge in [0.2, 0.25) is 6.71 Å². The van der Waals surface area contributed by atoms with Crippen molar-refractivity contribution in [1.29, 1.82) is 0 Å². The molecule has 0 N–H and O–H groups in total. The highest BCUT2D eigenvalue weighted by molar-refractivity contribution is 8.01. The lowest BCUT2D eigenvalue weighted by atomic mass is 9.36. The van der Waals surface area contributed by atoms with Gasteiger partial charge in [0.15, 0.2) is 0 Å². The molecule has 0 radical (unpaired) electrons. The van der Waals surface area contributed by atoms with Crippen LogP contribution < -0.4 is 16.4 Å². The minimum atomic E-state index is 0.247. The van der Waals surface area contributed by atoms with Gasteiger partial charge in [-0.2, -0.15) is 0 Å². The molecule has 0 fully saturated rings. The van der Waals surface area contributed by atoms with Gasteiger partial charge in [0.05, 0.1) is 0 Å². The van der Waals surface area contributed by atoms with Gasteiger partial charge >= 0.3 is 0 Å². The second kappa shape index (κ2) is 9.17. The molecule has 2 heterocycles. The number of hydrogen-bond donors (Lipinski definition) is 0. The van der Waals surface area contributed by atoms with Crippen LogP contribution in [0.3, 0.4) is 0 Å². The first kappa shape index (κ1) is 23.5. The Hall–Kier alpha value is -4.18. The fraction of sp³-hybridized carbons (Fsp3) is 0. The Morgan fingerprint density at radius 2 is 0.854 bits per heavy atom. The van der Waals surface area contributed by atoms with Crippen molar-refractivity contribution >= 4 is 68.2 Å². The van der Waals surface area contributed by atoms with Crippen LogP contribution in [0.1, 0.15) is 0 Å². The summed E-state index contributed by atoms with van der Waals surface area (Å²) in [7, 11) is 0. The summed E-state index contributed by atoms with van der Waals surface area (Å²) >= 11 is 3.85. The normalized spacial score (nSPS) is 13.1. The van der Waals surface area contributed by atoms with Gasteiger partial charge in [-0.3, -0.25) is 0 Å². The molecule has 0 unspecified atom stereocenters. The van der Waals surface area contributed by atoms with Crippen LogP contribution in [0, 0.1) is 0 Å². The molecule has 2 aliphatic rings. The van der Waals surface area contributed by atoms with E-state index in [9.17, 15) is 0 Å². The summed E-state index contributed by atoms with van der Waals surface area (Å²) in [4.78, 5) is 5.49. The molecule has 0 atom stereocenters. The van der Waals surface area contributed by atoms with E-state index in [0.29, 0.717) is 0 Å². The Morgan fingerprint density at radius 3 is 1.39 bits per heavy atom. The summed E-state index contributed by atoms with van der Waals surface area (Å²) in [5.41, 5.74) is 9.46. The fourth-order valence-electron chi connectivity index (χ4n) is 6.71. The summed E-state index contributed by atoms with van der Waals surface area (Å²) in [6.07, 6.45) is 0. The minimum absolute atomic E-state index is 0.247. The first-order valence-electron chi connectivity index (χ1n) is 14.0. The van der Waals surface area contributed by atoms with Crippen LogP contribution >= 0.6 is 23.5 Å². The van der Waals surface area contributed by atoms with Gasteiger partial charge < -0.3 is 0 Å². The summed E-state index contributed by atoms with van der Waals surface area (Å²) in [5, 5.41) is 5.17. The molecule has 7 aromatic carbocycles. The molecule has 41 heavy (non-hydrogen) atoms. The first-order valence-corrected chi connectivity index (χ1v) is 15.7. The molecule has 0 amide bonds. The van der Waals surface area contributed by atoms with E-state index in [0.717, 1.165) is 0 Å². The smallest absolute Gasteiger partial charge is 0.0911 e. The van der Waals surface area contributed by atoms with Crippen LogP contribution in [0.25, 0.3) is 43.8 Å². The second-order valence-corrected chi connectivity index (χ2v) is 13.0. The van der Waals surface area contributed by atoms with Gasteiger partial charge in [0.1, 0.15) is 0 Å². The molecule has 0 saturated heterocycles. The number of fused-ring (bicyclic) bond motifs is 6. The van der Waals surface area contributed by atoms with E-state index in [1.807, 2.05) is 23.5 Å². The average molecular weight is 555 g/mol. The Bertz CT molecular complexity index is 2020. The van der Waals surface area contributed by atoms with Crippen LogP contribution in [-0.2, 0) is 0 Å². The van der Waals surface area contributed by atoms with Crippen LogP contribution in [0.2, 0.25) is 0 Å². The monoisotopic (exact) mass is 554 g/mol. The zero-order valence-electron chi connectivity index (χ0n) is 22.2. The summed E-state index contributed by atoms with van der Waals surface area (Å²) in [5.74, 6) is 0. The maximum Gasteiger partial charge on any atom is 0.247 e. The zero-order valence-corrected chi connectivity index (χ0v) is 23.8. The first-order chi connectivity index (χ1) is 20.3. The van der Waals surface area contributed by atoms with Crippen LogP contribution in [0.15, 0.2) is 159 Å². The second-order valence-electron chi connectivity index (χ2n) is 10.9. The van der Waals surface area contributed by atoms with E-state index in [2.05, 4.69) is 140 Å². The predicted molar refractivity (Wildman–Crippen MR) is 178 cm³/mol. The molecular weight excluding hydrogens is 531 g/mol. The predicted octanol–water partition coefficient (Wildman–Crippen LogP) is 8.77. The van der Waals surface area contributed by atoms with Crippen LogP contribution in [0.4, 0.5) is 0 Å². The Morgan fingerprint density at radius 1 is 0.390 bits per heavy atom. The van der Waals surface area contributed by atoms with E-state index >= 15 is 0 Å². The van der Waals surface area contributed by atoms with Crippen molar-refractivity contribution in [3.05, 3.63) is 140 Å². The molecule has 7 aromatic rings. The summed E-state index contributed by atoms with van der Waals surface area (Å²) in [6.45, 7) is 0.247. The molecule has 0 aromatic heterocycles. The standard InChI is InChI=1S/C38H23BS2/c1-3-12-28-24(8-1)10-5-14-30(28)26-18-20-32-36(22-26)40-34-16-7-17-35-38(34)39(32)33-21-19-27(23-37(33)41-35)31-15-6-11-25-9-2-4-13-29(25)31/h1-23H. The van der Waals surface area contributed by atoms with E-state index in [1.165, 1.54) is 79.8 Å². The Balaban J connectivity index is 1.21. The van der Waals surface area contributed by atoms with Gasteiger partial charge in [0, 0.05) is 19.6 Å². The summed E-state index contributed by atoms with van der Waals surface area (Å²) in [6, 6.07) is 51.8. The van der Waals surface area contributed by atoms with Gasteiger partial charge in [0.25, 0.3) is 0 Å². The highest BCUT2D eigenvalue weighted by atomic mass is 32.2. The molecule has 0 nitrogen and oxygen atoms in total. The van der Waals surface area contributed by atoms with Crippen LogP contribution in [0.5, 0.6) is 0 Å². The average Bonchev–Trinajstić information content (AvgIpc) is 3.03. The maximum atomic E-state index is 2.42. The topological polar surface area (TPSA) is 0 Å². The van der Waals surface area contributed by atoms with Crippen LogP contribution in [-0.4, -0.2) is 6.71 Å². The highest BCUT2D eigenvalue weighted by Crippen LogP contribution is 2.41. The SMILES string of the molecule is c1cc2c3c(c1)Sc1cc(-c4cccc5ccccc45)ccc1B3c1ccc(-c3cccc4ccccc34)cc1S2. The van der Waals surface area contributed by atoms with Crippen molar-refractivity contribution in [3.63, 3.8) is 0 Å². The van der Waals surface area contributed by atoms with Crippen molar-refractivity contribution < 1.29 is 0 Å². The van der Waals surface area contributed by atoms with E-state index in [4.69, 9.17) is 0 Å². The molecule has 0 saturated carbocycles. The molecule has 190 valence electrons. The van der Waals surface area contributed by atoms with Crippen molar-refractivity contribution in [1.82, 2.24) is 0 Å². The van der Waals surface area contributed by atoms with Crippen molar-refractivity contribution in [2.45, 2.75) is 19.6 Å². The van der Waals surface area contributed by atoms with E-state index in [1.54, 1.807) is 0 Å². The number of hydrogen-bond acceptors (Lipinski definition) is 2. The highest BCUT2D eigenvalue weighted by Gasteiger charge is 2.38. The van der Waals surface area contributed by atoms with Gasteiger partial charge in [-0.05, 0) is 73.5 Å². The molecule has 0 aliphatic carbocycles. The lowest BCUT2D eigenvalue weighted by molar-refractivity contribution is 1.33. The fourth-order valence-corrected chi connectivity index (χ4v) is 9.20. The Labute approximate surface area is 248 Å². The lowest BCUT2D eigenvalue weighted by Crippen LogP contribution is -2.57. The largest absolute Gasteiger partial charge is 0.247 e. The van der Waals surface area contributed by atoms with Crippen molar-refractivity contribution in [2.75, 3.05) is 0 Å². The van der Waals surface area contributed by atoms with Gasteiger partial charge in [-0.1, -0.05) is 150 Å². The van der Waals surface area contributed by atoms with E-state index < -0.39 is 0 Å². The third-order valence-corrected chi connectivity index (χ3v) is 10.9. The third kappa shape index (κ3) is 3.66. The molecule has 0 bridgehead atoms. The molecule has 2 aliphatic heterocycles. The van der Waals surface area contributed by atoms with Crippen molar-refractivity contribution in [3.8, 4) is 22.3 Å². The zero-order chi connectivity index (χ0) is 26.9. The molecule has 9 rings (SSSR count). The van der Waals surface area contributed by atoms with Gasteiger partial charge in [-0.15, -0.1) is 0 Å². The molecular formula is C38H23BS2. The van der Waals surface area contributed by atoms with E-state index in [-0.39, 0.29) is 6.71 Å². The minimum Gasteiger partial charge on any atom is -0.0911 e. The van der Waals surface area contributed by atoms with Gasteiger partial charge in [-0.25, -0.2) is 0 Å². The number of benzene rings is 7. The third-order valence-electron chi connectivity index (χ3n) is 8.61. The quantitative estimate of drug-likeness (QED) is 0.196.